The summed E-state index contributed by atoms with van der Waals surface area (Å²) in [7, 11) is -3.08. The molecule has 4 aromatic rings. The van der Waals surface area contributed by atoms with E-state index >= 15 is 0 Å². The number of fused-ring (bicyclic) bond motifs is 4. The Morgan fingerprint density at radius 1 is 0.492 bits per heavy atom. The highest BCUT2D eigenvalue weighted by Gasteiger charge is 2.31. The van der Waals surface area contributed by atoms with Crippen LogP contribution in [0.2, 0.25) is 0 Å². The Kier molecular flexibility index (Phi) is 19.8. The lowest BCUT2D eigenvalue weighted by molar-refractivity contribution is 0.110. The lowest BCUT2D eigenvalue weighted by Crippen LogP contribution is -2.46. The van der Waals surface area contributed by atoms with Crippen LogP contribution in [-0.4, -0.2) is 158 Å². The maximum Gasteiger partial charge on any atom is 0.261 e. The molecule has 4 heterocycles. The van der Waals surface area contributed by atoms with Crippen molar-refractivity contribution >= 4 is 53.9 Å². The molecule has 8 rings (SSSR count). The first-order valence-corrected chi connectivity index (χ1v) is 27.2. The van der Waals surface area contributed by atoms with E-state index in [-0.39, 0.29) is 0 Å². The fraction of sp³-hybridized carbons (Fsp3) is 0.442. The molecule has 348 valence electrons. The Bertz CT molecular complexity index is 2220. The van der Waals surface area contributed by atoms with Crippen LogP contribution in [0.15, 0.2) is 105 Å². The van der Waals surface area contributed by atoms with E-state index in [1.54, 1.807) is 14.2 Å². The van der Waals surface area contributed by atoms with Crippen LogP contribution in [0.25, 0.3) is 0 Å². The normalized spacial score (nSPS) is 19.3. The molecule has 0 bridgehead atoms. The zero-order chi connectivity index (χ0) is 46.5. The third-order valence-corrected chi connectivity index (χ3v) is 12.7. The van der Waals surface area contributed by atoms with Gasteiger partial charge in [-0.15, -0.1) is 0 Å². The summed E-state index contributed by atoms with van der Waals surface area (Å²) in [6.07, 6.45) is 4.30. The first kappa shape index (κ1) is 52.4. The van der Waals surface area contributed by atoms with Gasteiger partial charge < -0.3 is 19.3 Å². The summed E-state index contributed by atoms with van der Waals surface area (Å²) in [5, 5.41) is 0. The number of rotatable bonds is 4. The van der Waals surface area contributed by atoms with Gasteiger partial charge in [-0.2, -0.15) is 25.3 Å². The predicted octanol–water partition coefficient (Wildman–Crippen LogP) is 5.89. The van der Waals surface area contributed by atoms with E-state index in [1.165, 1.54) is 41.8 Å². The van der Waals surface area contributed by atoms with Crippen LogP contribution in [0.1, 0.15) is 34.3 Å². The minimum absolute atomic E-state index is 0.469. The van der Waals surface area contributed by atoms with Crippen molar-refractivity contribution in [2.75, 3.05) is 99.4 Å². The number of likely N-dealkylation sites (N-methyl/N-ethyl adjacent to an activating group) is 2. The SMILES string of the molecule is COc1ccc2c(c1)Sc1ccccc1C(N1CCN(C)CC1)C2.COc1ccc2c(c1)Sc1ccccc1C(N1CCN(C)CC1)C2.CS(=O)(=O)O.CS(=O)(=O)O.CS(=O)(=O)O. The number of hydrogen-bond donors (Lipinski definition) is 3. The Balaban J connectivity index is 0.000000210. The van der Waals surface area contributed by atoms with Crippen molar-refractivity contribution in [3.05, 3.63) is 107 Å². The van der Waals surface area contributed by atoms with Crippen LogP contribution in [0.5, 0.6) is 11.5 Å². The quantitative estimate of drug-likeness (QED) is 0.205. The molecule has 2 atom stereocenters. The summed E-state index contributed by atoms with van der Waals surface area (Å²) in [5.74, 6) is 1.88. The molecule has 0 aliphatic carbocycles. The molecule has 4 aliphatic heterocycles. The number of benzene rings is 4. The fourth-order valence-corrected chi connectivity index (χ4v) is 9.67. The zero-order valence-electron chi connectivity index (χ0n) is 36.7. The van der Waals surface area contributed by atoms with Gasteiger partial charge >= 0.3 is 0 Å². The van der Waals surface area contributed by atoms with Crippen LogP contribution in [-0.2, 0) is 43.2 Å². The molecule has 2 fully saturated rings. The molecule has 2 unspecified atom stereocenters. The molecule has 4 aromatic carbocycles. The number of ether oxygens (including phenoxy) is 2. The van der Waals surface area contributed by atoms with Crippen LogP contribution >= 0.6 is 23.5 Å². The second-order valence-corrected chi connectivity index (χ2v) is 22.1. The van der Waals surface area contributed by atoms with Gasteiger partial charge in [0.15, 0.2) is 0 Å². The lowest BCUT2D eigenvalue weighted by Gasteiger charge is -2.38. The Morgan fingerprint density at radius 3 is 1.10 bits per heavy atom. The average molecular weight is 969 g/mol. The third kappa shape index (κ3) is 18.6. The summed E-state index contributed by atoms with van der Waals surface area (Å²) in [6.45, 7) is 9.19. The molecule has 0 amide bonds. The summed E-state index contributed by atoms with van der Waals surface area (Å²) >= 11 is 3.77. The highest BCUT2D eigenvalue weighted by Crippen LogP contribution is 2.45. The van der Waals surface area contributed by atoms with Gasteiger partial charge in [-0.1, -0.05) is 72.1 Å². The Morgan fingerprint density at radius 2 is 0.794 bits per heavy atom. The van der Waals surface area contributed by atoms with Gasteiger partial charge in [0.05, 0.1) is 33.0 Å². The Labute approximate surface area is 382 Å². The highest BCUT2D eigenvalue weighted by molar-refractivity contribution is 7.99. The number of nitrogens with zero attached hydrogens (tertiary/aromatic N) is 4. The minimum Gasteiger partial charge on any atom is -0.497 e. The maximum absolute atomic E-state index is 9.19. The van der Waals surface area contributed by atoms with E-state index in [4.69, 9.17) is 23.1 Å². The van der Waals surface area contributed by atoms with Crippen LogP contribution in [0.3, 0.4) is 0 Å². The van der Waals surface area contributed by atoms with Crippen molar-refractivity contribution in [1.82, 2.24) is 19.6 Å². The van der Waals surface area contributed by atoms with Crippen molar-refractivity contribution in [2.45, 2.75) is 44.5 Å². The topological polar surface area (TPSA) is 195 Å². The molecule has 0 radical (unpaired) electrons. The minimum atomic E-state index is -3.67. The lowest BCUT2D eigenvalue weighted by atomic mass is 9.96. The highest BCUT2D eigenvalue weighted by atomic mass is 32.2. The Hall–Kier alpha value is -3.25. The van der Waals surface area contributed by atoms with E-state index in [1.807, 2.05) is 23.5 Å². The van der Waals surface area contributed by atoms with E-state index in [2.05, 4.69) is 119 Å². The molecule has 0 saturated carbocycles. The van der Waals surface area contributed by atoms with E-state index < -0.39 is 30.4 Å². The molecule has 3 N–H and O–H groups in total. The second kappa shape index (κ2) is 23.8. The van der Waals surface area contributed by atoms with E-state index in [0.29, 0.717) is 30.9 Å². The smallest absolute Gasteiger partial charge is 0.261 e. The largest absolute Gasteiger partial charge is 0.497 e. The van der Waals surface area contributed by atoms with Gasteiger partial charge in [-0.25, -0.2) is 0 Å². The van der Waals surface area contributed by atoms with Gasteiger partial charge in [0.1, 0.15) is 11.5 Å². The standard InChI is InChI=1S/2C20H24N2OS.3CH4O3S/c2*1-21-9-11-22(12-10-21)18-13-15-7-8-16(23-2)14-20(15)24-19-6-4-3-5-17(18)19;3*1-5(2,3)4/h2*3-8,14,18H,9-13H2,1-2H3;3*1H3,(H,2,3,4). The molecule has 20 heteroatoms. The molecule has 2 saturated heterocycles. The van der Waals surface area contributed by atoms with Crippen molar-refractivity contribution in [2.24, 2.45) is 0 Å². The summed E-state index contributed by atoms with van der Waals surface area (Å²) in [5.41, 5.74) is 5.81. The number of piperazine rings is 2. The van der Waals surface area contributed by atoms with Gasteiger partial charge in [0.25, 0.3) is 30.4 Å². The molecule has 0 spiro atoms. The van der Waals surface area contributed by atoms with E-state index in [0.717, 1.165) is 76.7 Å². The molecule has 0 aromatic heterocycles. The van der Waals surface area contributed by atoms with Gasteiger partial charge in [-0.05, 0) is 85.6 Å². The van der Waals surface area contributed by atoms with Crippen LogP contribution < -0.4 is 9.47 Å². The monoisotopic (exact) mass is 968 g/mol. The fourth-order valence-electron chi connectivity index (χ4n) is 7.34. The predicted molar refractivity (Wildman–Crippen MR) is 251 cm³/mol. The third-order valence-electron chi connectivity index (χ3n) is 10.3. The van der Waals surface area contributed by atoms with Crippen LogP contribution in [0, 0.1) is 0 Å². The maximum atomic E-state index is 9.19. The summed E-state index contributed by atoms with van der Waals surface area (Å²) in [6, 6.07) is 31.8. The van der Waals surface area contributed by atoms with E-state index in [9.17, 15) is 25.3 Å². The summed E-state index contributed by atoms with van der Waals surface area (Å²) < 4.78 is 88.5. The number of hydrogen-bond acceptors (Lipinski definition) is 14. The summed E-state index contributed by atoms with van der Waals surface area (Å²) in [4.78, 5) is 15.6. The molecular formula is C43H60N4O11S5. The molecule has 4 aliphatic rings. The van der Waals surface area contributed by atoms with Crippen molar-refractivity contribution in [3.8, 4) is 11.5 Å². The first-order valence-electron chi connectivity index (χ1n) is 20.0. The van der Waals surface area contributed by atoms with Gasteiger partial charge in [-0.3, -0.25) is 23.5 Å². The number of methoxy groups -OCH3 is 2. The van der Waals surface area contributed by atoms with Crippen LogP contribution in [0.4, 0.5) is 0 Å². The molecular weight excluding hydrogens is 909 g/mol. The average Bonchev–Trinajstić information content (AvgIpc) is 3.47. The van der Waals surface area contributed by atoms with Gasteiger partial charge in [0.2, 0.25) is 0 Å². The van der Waals surface area contributed by atoms with Crippen molar-refractivity contribution < 1.29 is 48.4 Å². The molecule has 15 nitrogen and oxygen atoms in total. The first-order chi connectivity index (χ1) is 29.5. The van der Waals surface area contributed by atoms with Crippen molar-refractivity contribution in [1.29, 1.82) is 0 Å². The van der Waals surface area contributed by atoms with Gasteiger partial charge in [0, 0.05) is 84.0 Å². The molecule has 63 heavy (non-hydrogen) atoms. The van der Waals surface area contributed by atoms with Crippen molar-refractivity contribution in [3.63, 3.8) is 0 Å². The zero-order valence-corrected chi connectivity index (χ0v) is 40.8. The second-order valence-electron chi connectivity index (χ2n) is 15.5.